The summed E-state index contributed by atoms with van der Waals surface area (Å²) in [4.78, 5) is 58.8. The molecule has 2 amide bonds. The highest BCUT2D eigenvalue weighted by atomic mass is 35.5. The lowest BCUT2D eigenvalue weighted by Gasteiger charge is -2.45. The molecule has 1 atom stereocenters. The molecule has 0 spiro atoms. The number of carbonyl (C=O) groups is 2. The molecule has 6 rings (SSSR count). The number of benzene rings is 1. The molecule has 0 saturated carbocycles. The number of nitrogens with zero attached hydrogens (tertiary/aromatic N) is 6. The van der Waals surface area contributed by atoms with Crippen LogP contribution in [-0.2, 0) is 9.53 Å². The Kier molecular flexibility index (Phi) is 8.76. The van der Waals surface area contributed by atoms with Crippen molar-refractivity contribution in [2.45, 2.75) is 71.9 Å². The van der Waals surface area contributed by atoms with Crippen LogP contribution in [0.2, 0.25) is 5.15 Å². The van der Waals surface area contributed by atoms with E-state index in [9.17, 15) is 14.4 Å². The van der Waals surface area contributed by atoms with Crippen molar-refractivity contribution in [3.05, 3.63) is 63.3 Å². The molecular formula is C35H39ClFN7O5. The number of nitrogens with one attached hydrogen (secondary N) is 1. The quantitative estimate of drug-likeness (QED) is 0.241. The molecule has 1 saturated heterocycles. The molecule has 0 bridgehead atoms. The standard InChI is InChI=1S/C35H39ClFN7O5/c1-17(2)25-29(26(18(3)4)39-16-38-25)44-31-20(14-19(30(36)41-31)24-21(37)10-9-11-23(24)48-8)28-27(33(44)46)40-32(45)22-15-42(12-13-43(22)28)34(47)49-35(5,6)7/h9-11,14,16-18,22H,12-13,15H2,1-8H3,(H,40,45)/t22-/m1/s1. The van der Waals surface area contributed by atoms with Crippen molar-refractivity contribution in [1.82, 2.24) is 24.4 Å². The second kappa shape index (κ2) is 12.6. The maximum Gasteiger partial charge on any atom is 0.410 e. The van der Waals surface area contributed by atoms with Crippen molar-refractivity contribution in [3.8, 4) is 22.6 Å². The zero-order chi connectivity index (χ0) is 35.5. The third-order valence-electron chi connectivity index (χ3n) is 8.61. The largest absolute Gasteiger partial charge is 0.496 e. The molecule has 49 heavy (non-hydrogen) atoms. The Labute approximate surface area is 288 Å². The zero-order valence-corrected chi connectivity index (χ0v) is 29.5. The van der Waals surface area contributed by atoms with Crippen LogP contribution in [0.1, 0.15) is 71.7 Å². The van der Waals surface area contributed by atoms with Crippen LogP contribution >= 0.6 is 11.6 Å². The van der Waals surface area contributed by atoms with Crippen LogP contribution in [0, 0.1) is 5.82 Å². The van der Waals surface area contributed by atoms with Gasteiger partial charge in [-0.05, 0) is 50.8 Å². The molecule has 0 radical (unpaired) electrons. The minimum absolute atomic E-state index is 0.0152. The van der Waals surface area contributed by atoms with Gasteiger partial charge in [0, 0.05) is 24.0 Å². The number of aromatic nitrogens is 4. The summed E-state index contributed by atoms with van der Waals surface area (Å²) in [6.07, 6.45) is 0.930. The van der Waals surface area contributed by atoms with E-state index in [0.717, 1.165) is 0 Å². The third-order valence-corrected chi connectivity index (χ3v) is 8.90. The number of piperazine rings is 1. The molecule has 2 aliphatic heterocycles. The van der Waals surface area contributed by atoms with E-state index in [2.05, 4.69) is 15.3 Å². The zero-order valence-electron chi connectivity index (χ0n) is 28.7. The molecule has 3 aromatic heterocycles. The van der Waals surface area contributed by atoms with Gasteiger partial charge in [-0.1, -0.05) is 45.4 Å². The number of pyridine rings is 2. The molecule has 4 aromatic rings. The molecule has 1 N–H and O–H groups in total. The fourth-order valence-corrected chi connectivity index (χ4v) is 6.68. The summed E-state index contributed by atoms with van der Waals surface area (Å²) in [6, 6.07) is 5.26. The van der Waals surface area contributed by atoms with Crippen molar-refractivity contribution in [3.63, 3.8) is 0 Å². The molecule has 1 aromatic carbocycles. The lowest BCUT2D eigenvalue weighted by molar-refractivity contribution is -0.118. The SMILES string of the molecule is COc1cccc(F)c1-c1cc2c3c(c(=O)n(-c4c(C(C)C)ncnc4C(C)C)c2nc1Cl)NC(=O)[C@H]1CN(C(=O)OC(C)(C)C)CCN31. The molecule has 1 fully saturated rings. The van der Waals surface area contributed by atoms with Gasteiger partial charge in [-0.15, -0.1) is 0 Å². The van der Waals surface area contributed by atoms with Gasteiger partial charge < -0.3 is 24.6 Å². The monoisotopic (exact) mass is 691 g/mol. The highest BCUT2D eigenvalue weighted by molar-refractivity contribution is 6.33. The Morgan fingerprint density at radius 3 is 2.35 bits per heavy atom. The van der Waals surface area contributed by atoms with E-state index >= 15 is 4.39 Å². The number of amides is 2. The van der Waals surface area contributed by atoms with Gasteiger partial charge in [0.05, 0.1) is 42.0 Å². The first-order valence-electron chi connectivity index (χ1n) is 16.2. The Bertz CT molecular complexity index is 2030. The summed E-state index contributed by atoms with van der Waals surface area (Å²) >= 11 is 6.88. The first-order valence-corrected chi connectivity index (χ1v) is 16.5. The van der Waals surface area contributed by atoms with Gasteiger partial charge in [0.2, 0.25) is 5.91 Å². The predicted molar refractivity (Wildman–Crippen MR) is 186 cm³/mol. The van der Waals surface area contributed by atoms with Crippen LogP contribution in [0.4, 0.5) is 20.6 Å². The number of hydrogen-bond acceptors (Lipinski definition) is 9. The summed E-state index contributed by atoms with van der Waals surface area (Å²) in [5.41, 5.74) is 1.27. The minimum atomic E-state index is -0.855. The van der Waals surface area contributed by atoms with Gasteiger partial charge in [-0.2, -0.15) is 0 Å². The van der Waals surface area contributed by atoms with Gasteiger partial charge in [0.25, 0.3) is 5.56 Å². The van der Waals surface area contributed by atoms with E-state index in [1.54, 1.807) is 37.8 Å². The van der Waals surface area contributed by atoms with Crippen LogP contribution in [0.3, 0.4) is 0 Å². The Morgan fingerprint density at radius 1 is 1.06 bits per heavy atom. The highest BCUT2D eigenvalue weighted by Gasteiger charge is 2.43. The molecule has 0 aliphatic carbocycles. The molecule has 258 valence electrons. The smallest absolute Gasteiger partial charge is 0.410 e. The number of fused-ring (bicyclic) bond motifs is 5. The maximum atomic E-state index is 15.5. The van der Waals surface area contributed by atoms with E-state index in [0.29, 0.717) is 28.1 Å². The average molecular weight is 692 g/mol. The lowest BCUT2D eigenvalue weighted by atomic mass is 9.98. The fourth-order valence-electron chi connectivity index (χ4n) is 6.45. The van der Waals surface area contributed by atoms with Crippen LogP contribution < -0.4 is 20.5 Å². The Balaban J connectivity index is 1.67. The lowest BCUT2D eigenvalue weighted by Crippen LogP contribution is -2.62. The first kappa shape index (κ1) is 34.1. The first-order chi connectivity index (χ1) is 23.1. The average Bonchev–Trinajstić information content (AvgIpc) is 3.03. The fraction of sp³-hybridized carbons (Fsp3) is 0.429. The minimum Gasteiger partial charge on any atom is -0.496 e. The summed E-state index contributed by atoms with van der Waals surface area (Å²) in [6.45, 7) is 13.6. The second-order valence-electron chi connectivity index (χ2n) is 13.8. The van der Waals surface area contributed by atoms with Gasteiger partial charge in [0.15, 0.2) is 5.65 Å². The molecule has 2 aliphatic rings. The van der Waals surface area contributed by atoms with Crippen LogP contribution in [0.15, 0.2) is 35.4 Å². The third kappa shape index (κ3) is 5.94. The molecule has 12 nitrogen and oxygen atoms in total. The highest BCUT2D eigenvalue weighted by Crippen LogP contribution is 2.44. The van der Waals surface area contributed by atoms with Crippen molar-refractivity contribution >= 4 is 46.0 Å². The second-order valence-corrected chi connectivity index (χ2v) is 14.2. The maximum absolute atomic E-state index is 15.5. The number of carbonyl (C=O) groups excluding carboxylic acids is 2. The normalized spacial score (nSPS) is 16.2. The van der Waals surface area contributed by atoms with Crippen LogP contribution in [0.25, 0.3) is 27.8 Å². The van der Waals surface area contributed by atoms with E-state index in [-0.39, 0.29) is 64.8 Å². The number of ether oxygens (including phenoxy) is 2. The summed E-state index contributed by atoms with van der Waals surface area (Å²) in [7, 11) is 1.43. The number of methoxy groups -OCH3 is 1. The van der Waals surface area contributed by atoms with Crippen molar-refractivity contribution < 1.29 is 23.5 Å². The Morgan fingerprint density at radius 2 is 1.73 bits per heavy atom. The van der Waals surface area contributed by atoms with Crippen molar-refractivity contribution in [1.29, 1.82) is 0 Å². The van der Waals surface area contributed by atoms with Crippen LogP contribution in [-0.4, -0.2) is 74.8 Å². The number of anilines is 2. The predicted octanol–water partition coefficient (Wildman–Crippen LogP) is 6.27. The number of rotatable bonds is 5. The van der Waals surface area contributed by atoms with Gasteiger partial charge in [-0.25, -0.2) is 24.1 Å². The number of hydrogen-bond donors (Lipinski definition) is 1. The van der Waals surface area contributed by atoms with Gasteiger partial charge in [0.1, 0.15) is 40.4 Å². The van der Waals surface area contributed by atoms with E-state index in [1.165, 1.54) is 35.0 Å². The van der Waals surface area contributed by atoms with Crippen molar-refractivity contribution in [2.24, 2.45) is 0 Å². The Hall–Kier alpha value is -4.78. The molecule has 14 heteroatoms. The topological polar surface area (TPSA) is 132 Å². The summed E-state index contributed by atoms with van der Waals surface area (Å²) < 4.78 is 28.0. The van der Waals surface area contributed by atoms with Gasteiger partial charge >= 0.3 is 6.09 Å². The van der Waals surface area contributed by atoms with Crippen LogP contribution in [0.5, 0.6) is 5.75 Å². The van der Waals surface area contributed by atoms with E-state index < -0.39 is 35.0 Å². The summed E-state index contributed by atoms with van der Waals surface area (Å²) in [5.74, 6) is -1.04. The summed E-state index contributed by atoms with van der Waals surface area (Å²) in [5, 5.41) is 3.20. The van der Waals surface area contributed by atoms with Crippen molar-refractivity contribution in [2.75, 3.05) is 37.0 Å². The molecular weight excluding hydrogens is 653 g/mol. The van der Waals surface area contributed by atoms with Gasteiger partial charge in [-0.3, -0.25) is 14.2 Å². The van der Waals surface area contributed by atoms with E-state index in [1.807, 2.05) is 27.7 Å². The molecule has 5 heterocycles. The molecule has 0 unspecified atom stereocenters. The number of halogens is 2. The van der Waals surface area contributed by atoms with E-state index in [4.69, 9.17) is 26.1 Å².